The van der Waals surface area contributed by atoms with E-state index in [1.807, 2.05) is 18.2 Å². The van der Waals surface area contributed by atoms with Gasteiger partial charge in [0.2, 0.25) is 0 Å². The number of hydrogen-bond donors (Lipinski definition) is 1. The normalized spacial score (nSPS) is 9.81. The van der Waals surface area contributed by atoms with E-state index < -0.39 is 0 Å². The van der Waals surface area contributed by atoms with Crippen LogP contribution >= 0.6 is 12.2 Å². The van der Waals surface area contributed by atoms with E-state index in [-0.39, 0.29) is 11.0 Å². The summed E-state index contributed by atoms with van der Waals surface area (Å²) in [6, 6.07) is 9.04. The number of rotatable bonds is 4. The van der Waals surface area contributed by atoms with Crippen LogP contribution in [0.3, 0.4) is 0 Å². The molecule has 0 atom stereocenters. The van der Waals surface area contributed by atoms with Crippen molar-refractivity contribution in [2.24, 2.45) is 5.73 Å². The lowest BCUT2D eigenvalue weighted by molar-refractivity contribution is 0.0847. The van der Waals surface area contributed by atoms with Gasteiger partial charge in [-0.1, -0.05) is 31.5 Å². The molecule has 2 N–H and O–H groups in total. The predicted molar refractivity (Wildman–Crippen MR) is 69.2 cm³/mol. The zero-order valence-electron chi connectivity index (χ0n) is 9.35. The molecule has 4 heteroatoms. The minimum absolute atomic E-state index is 0.124. The number of nitrogens with two attached hydrogens (primary N) is 1. The van der Waals surface area contributed by atoms with Crippen molar-refractivity contribution in [3.63, 3.8) is 0 Å². The number of amides is 1. The molecule has 1 aromatic rings. The highest BCUT2D eigenvalue weighted by Gasteiger charge is 2.16. The van der Waals surface area contributed by atoms with Crippen LogP contribution in [-0.2, 0) is 0 Å². The summed E-state index contributed by atoms with van der Waals surface area (Å²) in [6.07, 6.45) is 1.90. The number of thiocarbonyl (C=S) groups is 1. The van der Waals surface area contributed by atoms with Crippen molar-refractivity contribution in [1.82, 2.24) is 4.90 Å². The van der Waals surface area contributed by atoms with Gasteiger partial charge in [0.15, 0.2) is 5.11 Å². The molecule has 0 aliphatic carbocycles. The van der Waals surface area contributed by atoms with Crippen molar-refractivity contribution in [2.75, 3.05) is 6.54 Å². The maximum absolute atomic E-state index is 12.1. The van der Waals surface area contributed by atoms with Gasteiger partial charge in [-0.3, -0.25) is 9.69 Å². The van der Waals surface area contributed by atoms with E-state index in [0.717, 1.165) is 12.8 Å². The lowest BCUT2D eigenvalue weighted by Crippen LogP contribution is -2.41. The second kappa shape index (κ2) is 6.23. The van der Waals surface area contributed by atoms with Gasteiger partial charge >= 0.3 is 0 Å². The van der Waals surface area contributed by atoms with E-state index >= 15 is 0 Å². The van der Waals surface area contributed by atoms with Crippen LogP contribution in [0.15, 0.2) is 30.3 Å². The van der Waals surface area contributed by atoms with Crippen LogP contribution in [-0.4, -0.2) is 22.5 Å². The van der Waals surface area contributed by atoms with Gasteiger partial charge in [-0.25, -0.2) is 0 Å². The van der Waals surface area contributed by atoms with E-state index in [4.69, 9.17) is 18.0 Å². The third kappa shape index (κ3) is 3.31. The summed E-state index contributed by atoms with van der Waals surface area (Å²) >= 11 is 4.89. The first-order chi connectivity index (χ1) is 7.66. The number of carbonyl (C=O) groups is 1. The molecular weight excluding hydrogens is 220 g/mol. The fourth-order valence-corrected chi connectivity index (χ4v) is 1.54. The summed E-state index contributed by atoms with van der Waals surface area (Å²) in [5, 5.41) is 0.141. The molecule has 0 aliphatic rings. The molecule has 0 radical (unpaired) electrons. The second-order valence-electron chi connectivity index (χ2n) is 3.51. The van der Waals surface area contributed by atoms with E-state index in [2.05, 4.69) is 6.92 Å². The molecule has 16 heavy (non-hydrogen) atoms. The Morgan fingerprint density at radius 2 is 2.00 bits per heavy atom. The third-order valence-corrected chi connectivity index (χ3v) is 2.49. The summed E-state index contributed by atoms with van der Waals surface area (Å²) < 4.78 is 0. The molecule has 1 aromatic carbocycles. The van der Waals surface area contributed by atoms with E-state index in [1.54, 1.807) is 12.1 Å². The Balaban J connectivity index is 2.79. The van der Waals surface area contributed by atoms with Gasteiger partial charge in [0.25, 0.3) is 5.91 Å². The number of carbonyl (C=O) groups excluding carboxylic acids is 1. The highest BCUT2D eigenvalue weighted by Crippen LogP contribution is 2.06. The first-order valence-corrected chi connectivity index (χ1v) is 5.74. The average Bonchev–Trinajstić information content (AvgIpc) is 2.30. The molecule has 0 bridgehead atoms. The van der Waals surface area contributed by atoms with Gasteiger partial charge in [-0.2, -0.15) is 0 Å². The highest BCUT2D eigenvalue weighted by molar-refractivity contribution is 7.80. The van der Waals surface area contributed by atoms with Crippen LogP contribution in [0.2, 0.25) is 0 Å². The molecule has 0 heterocycles. The molecule has 0 unspecified atom stereocenters. The van der Waals surface area contributed by atoms with Crippen molar-refractivity contribution in [3.05, 3.63) is 35.9 Å². The summed E-state index contributed by atoms with van der Waals surface area (Å²) in [7, 11) is 0. The lowest BCUT2D eigenvalue weighted by Gasteiger charge is -2.20. The van der Waals surface area contributed by atoms with Gasteiger partial charge < -0.3 is 5.73 Å². The van der Waals surface area contributed by atoms with Crippen LogP contribution in [0.4, 0.5) is 0 Å². The zero-order chi connectivity index (χ0) is 12.0. The minimum atomic E-state index is -0.124. The van der Waals surface area contributed by atoms with Crippen molar-refractivity contribution in [3.8, 4) is 0 Å². The summed E-state index contributed by atoms with van der Waals surface area (Å²) in [4.78, 5) is 13.5. The van der Waals surface area contributed by atoms with Crippen molar-refractivity contribution < 1.29 is 4.79 Å². The Morgan fingerprint density at radius 3 is 2.50 bits per heavy atom. The quantitative estimate of drug-likeness (QED) is 0.815. The first kappa shape index (κ1) is 12.6. The van der Waals surface area contributed by atoms with Crippen LogP contribution in [0.25, 0.3) is 0 Å². The summed E-state index contributed by atoms with van der Waals surface area (Å²) in [5.41, 5.74) is 6.17. The molecule has 1 amide bonds. The van der Waals surface area contributed by atoms with Crippen LogP contribution in [0.1, 0.15) is 30.1 Å². The smallest absolute Gasteiger partial charge is 0.260 e. The van der Waals surface area contributed by atoms with Crippen molar-refractivity contribution in [1.29, 1.82) is 0 Å². The maximum atomic E-state index is 12.1. The monoisotopic (exact) mass is 236 g/mol. The predicted octanol–water partition coefficient (Wildman–Crippen LogP) is 2.17. The largest absolute Gasteiger partial charge is 0.376 e. The fraction of sp³-hybridized carbons (Fsp3) is 0.333. The molecular formula is C12H16N2OS. The maximum Gasteiger partial charge on any atom is 0.260 e. The molecule has 0 aromatic heterocycles. The van der Waals surface area contributed by atoms with Crippen molar-refractivity contribution >= 4 is 23.2 Å². The molecule has 0 fully saturated rings. The van der Waals surface area contributed by atoms with Gasteiger partial charge in [0.05, 0.1) is 0 Å². The van der Waals surface area contributed by atoms with Crippen LogP contribution in [0.5, 0.6) is 0 Å². The third-order valence-electron chi connectivity index (χ3n) is 2.27. The standard InChI is InChI=1S/C12H16N2OS/c1-2-3-9-14(12(13)16)11(15)10-7-5-4-6-8-10/h4-8H,2-3,9H2,1H3,(H2,13,16). The average molecular weight is 236 g/mol. The summed E-state index contributed by atoms with van der Waals surface area (Å²) in [5.74, 6) is -0.124. The Kier molecular flexibility index (Phi) is 4.92. The number of hydrogen-bond acceptors (Lipinski definition) is 2. The second-order valence-corrected chi connectivity index (χ2v) is 3.93. The molecule has 3 nitrogen and oxygen atoms in total. The molecule has 0 spiro atoms. The number of benzene rings is 1. The number of unbranched alkanes of at least 4 members (excludes halogenated alkanes) is 1. The molecule has 0 saturated heterocycles. The SMILES string of the molecule is CCCCN(C(=O)c1ccccc1)C(N)=S. The fourth-order valence-electron chi connectivity index (χ4n) is 1.36. The van der Waals surface area contributed by atoms with Gasteiger partial charge in [0, 0.05) is 12.1 Å². The van der Waals surface area contributed by atoms with E-state index in [0.29, 0.717) is 12.1 Å². The van der Waals surface area contributed by atoms with Crippen molar-refractivity contribution in [2.45, 2.75) is 19.8 Å². The van der Waals surface area contributed by atoms with E-state index in [1.165, 1.54) is 4.90 Å². The Bertz CT molecular complexity index is 365. The Hall–Kier alpha value is -1.42. The van der Waals surface area contributed by atoms with Gasteiger partial charge in [0.1, 0.15) is 0 Å². The topological polar surface area (TPSA) is 46.3 Å². The van der Waals surface area contributed by atoms with Crippen LogP contribution in [0, 0.1) is 0 Å². The molecule has 0 aliphatic heterocycles. The van der Waals surface area contributed by atoms with Gasteiger partial charge in [-0.05, 0) is 30.8 Å². The lowest BCUT2D eigenvalue weighted by atomic mass is 10.2. The minimum Gasteiger partial charge on any atom is -0.376 e. The summed E-state index contributed by atoms with van der Waals surface area (Å²) in [6.45, 7) is 2.64. The molecule has 1 rings (SSSR count). The van der Waals surface area contributed by atoms with E-state index in [9.17, 15) is 4.79 Å². The Labute approximate surface area is 101 Å². The zero-order valence-corrected chi connectivity index (χ0v) is 10.2. The first-order valence-electron chi connectivity index (χ1n) is 5.33. The number of nitrogens with zero attached hydrogens (tertiary/aromatic N) is 1. The van der Waals surface area contributed by atoms with Crippen LogP contribution < -0.4 is 5.73 Å². The molecule has 0 saturated carbocycles. The van der Waals surface area contributed by atoms with Gasteiger partial charge in [-0.15, -0.1) is 0 Å². The highest BCUT2D eigenvalue weighted by atomic mass is 32.1. The Morgan fingerprint density at radius 1 is 1.38 bits per heavy atom. The molecule has 86 valence electrons.